The van der Waals surface area contributed by atoms with Crippen molar-refractivity contribution in [2.75, 3.05) is 44.7 Å². The van der Waals surface area contributed by atoms with E-state index in [1.54, 1.807) is 12.1 Å². The molecule has 1 atom stereocenters. The maximum atomic E-state index is 13.5. The number of anilines is 1. The van der Waals surface area contributed by atoms with E-state index in [2.05, 4.69) is 46.2 Å². The van der Waals surface area contributed by atoms with E-state index in [0.29, 0.717) is 13.0 Å². The van der Waals surface area contributed by atoms with E-state index in [0.717, 1.165) is 48.8 Å². The molecular weight excluding hydrogens is 424 g/mol. The molecule has 0 radical (unpaired) electrons. The molecule has 5 rings (SSSR count). The molecule has 2 aliphatic rings. The lowest BCUT2D eigenvalue weighted by molar-refractivity contribution is -0.134. The number of piperazine rings is 1. The number of rotatable bonds is 6. The van der Waals surface area contributed by atoms with Crippen LogP contribution in [0.3, 0.4) is 0 Å². The molecular formula is C28H30N4O2. The largest absolute Gasteiger partial charge is 0.497 e. The summed E-state index contributed by atoms with van der Waals surface area (Å²) in [5.74, 6) is 0.847. The van der Waals surface area contributed by atoms with Crippen LogP contribution in [0.1, 0.15) is 23.6 Å². The SMILES string of the molecule is COc1ccc(C2CC(c3ccccc3)=NN2C(=O)CN2CCN(c3ccccc3)CC2)cc1. The topological polar surface area (TPSA) is 48.4 Å². The molecule has 1 amide bonds. The van der Waals surface area contributed by atoms with E-state index in [-0.39, 0.29) is 11.9 Å². The lowest BCUT2D eigenvalue weighted by Gasteiger charge is -2.36. The molecule has 1 saturated heterocycles. The zero-order valence-electron chi connectivity index (χ0n) is 19.5. The van der Waals surface area contributed by atoms with Gasteiger partial charge in [-0.15, -0.1) is 0 Å². The molecule has 6 nitrogen and oxygen atoms in total. The van der Waals surface area contributed by atoms with Gasteiger partial charge in [0.15, 0.2) is 0 Å². The summed E-state index contributed by atoms with van der Waals surface area (Å²) in [6.07, 6.45) is 0.698. The average Bonchev–Trinajstić information content (AvgIpc) is 3.36. The van der Waals surface area contributed by atoms with Gasteiger partial charge in [-0.1, -0.05) is 60.7 Å². The predicted octanol–water partition coefficient (Wildman–Crippen LogP) is 4.20. The number of methoxy groups -OCH3 is 1. The Morgan fingerprint density at radius 1 is 0.882 bits per heavy atom. The first-order valence-corrected chi connectivity index (χ1v) is 11.8. The molecule has 0 aromatic heterocycles. The summed E-state index contributed by atoms with van der Waals surface area (Å²) in [4.78, 5) is 18.1. The standard InChI is InChI=1S/C28H30N4O2/c1-34-25-14-12-23(13-15-25)27-20-26(22-8-4-2-5-9-22)29-32(27)28(33)21-30-16-18-31(19-17-30)24-10-6-3-7-11-24/h2-15,27H,16-21H2,1H3. The third-order valence-electron chi connectivity index (χ3n) is 6.63. The number of ether oxygens (including phenoxy) is 1. The fraction of sp³-hybridized carbons (Fsp3) is 0.286. The van der Waals surface area contributed by atoms with Gasteiger partial charge in [-0.3, -0.25) is 9.69 Å². The third kappa shape index (κ3) is 4.82. The van der Waals surface area contributed by atoms with E-state index in [1.807, 2.05) is 48.5 Å². The van der Waals surface area contributed by atoms with Crippen molar-refractivity contribution in [1.29, 1.82) is 0 Å². The quantitative estimate of drug-likeness (QED) is 0.560. The summed E-state index contributed by atoms with van der Waals surface area (Å²) >= 11 is 0. The number of benzene rings is 3. The number of nitrogens with zero attached hydrogens (tertiary/aromatic N) is 4. The van der Waals surface area contributed by atoms with Gasteiger partial charge in [0.05, 0.1) is 25.4 Å². The van der Waals surface area contributed by atoms with E-state index in [1.165, 1.54) is 5.69 Å². The Hall–Kier alpha value is -3.64. The summed E-state index contributed by atoms with van der Waals surface area (Å²) < 4.78 is 5.32. The van der Waals surface area contributed by atoms with Gasteiger partial charge in [-0.2, -0.15) is 5.10 Å². The minimum atomic E-state index is -0.112. The highest BCUT2D eigenvalue weighted by atomic mass is 16.5. The van der Waals surface area contributed by atoms with Gasteiger partial charge in [0.25, 0.3) is 5.91 Å². The summed E-state index contributed by atoms with van der Waals surface area (Å²) in [6.45, 7) is 3.92. The van der Waals surface area contributed by atoms with Gasteiger partial charge < -0.3 is 9.64 Å². The second-order valence-corrected chi connectivity index (χ2v) is 8.74. The fourth-order valence-corrected chi connectivity index (χ4v) is 4.70. The lowest BCUT2D eigenvalue weighted by atomic mass is 9.98. The Bertz CT molecular complexity index is 1120. The molecule has 0 saturated carbocycles. The number of carbonyl (C=O) groups excluding carboxylic acids is 1. The molecule has 174 valence electrons. The van der Waals surface area contributed by atoms with Crippen molar-refractivity contribution in [3.8, 4) is 5.75 Å². The number of para-hydroxylation sites is 1. The molecule has 1 fully saturated rings. The third-order valence-corrected chi connectivity index (χ3v) is 6.63. The number of hydrogen-bond acceptors (Lipinski definition) is 5. The molecule has 34 heavy (non-hydrogen) atoms. The number of amides is 1. The van der Waals surface area contributed by atoms with Crippen LogP contribution in [-0.4, -0.2) is 61.4 Å². The van der Waals surface area contributed by atoms with Crippen molar-refractivity contribution >= 4 is 17.3 Å². The highest BCUT2D eigenvalue weighted by Crippen LogP contribution is 2.33. The molecule has 2 heterocycles. The van der Waals surface area contributed by atoms with Gasteiger partial charge in [0.1, 0.15) is 5.75 Å². The van der Waals surface area contributed by atoms with Crippen molar-refractivity contribution in [3.63, 3.8) is 0 Å². The summed E-state index contributed by atoms with van der Waals surface area (Å²) in [5, 5.41) is 6.52. The van der Waals surface area contributed by atoms with E-state index in [9.17, 15) is 4.79 Å². The van der Waals surface area contributed by atoms with Gasteiger partial charge in [-0.05, 0) is 35.4 Å². The lowest BCUT2D eigenvalue weighted by Crippen LogP contribution is -2.49. The van der Waals surface area contributed by atoms with Crippen LogP contribution in [0.4, 0.5) is 5.69 Å². The Kier molecular flexibility index (Phi) is 6.58. The van der Waals surface area contributed by atoms with Crippen LogP contribution in [0, 0.1) is 0 Å². The summed E-state index contributed by atoms with van der Waals surface area (Å²) in [6, 6.07) is 28.4. The second kappa shape index (κ2) is 10.1. The predicted molar refractivity (Wildman–Crippen MR) is 135 cm³/mol. The summed E-state index contributed by atoms with van der Waals surface area (Å²) in [5.41, 5.74) is 4.32. The zero-order chi connectivity index (χ0) is 23.3. The molecule has 0 aliphatic carbocycles. The molecule has 2 aliphatic heterocycles. The van der Waals surface area contributed by atoms with Crippen LogP contribution in [-0.2, 0) is 4.79 Å². The van der Waals surface area contributed by atoms with Crippen molar-refractivity contribution < 1.29 is 9.53 Å². The molecule has 3 aromatic rings. The molecule has 1 unspecified atom stereocenters. The Balaban J connectivity index is 1.30. The highest BCUT2D eigenvalue weighted by Gasteiger charge is 2.34. The van der Waals surface area contributed by atoms with Crippen molar-refractivity contribution in [2.24, 2.45) is 5.10 Å². The van der Waals surface area contributed by atoms with E-state index < -0.39 is 0 Å². The number of hydrazone groups is 1. The monoisotopic (exact) mass is 454 g/mol. The Morgan fingerprint density at radius 3 is 2.18 bits per heavy atom. The van der Waals surface area contributed by atoms with Gasteiger partial charge in [0, 0.05) is 38.3 Å². The van der Waals surface area contributed by atoms with Crippen molar-refractivity contribution in [1.82, 2.24) is 9.91 Å². The first kappa shape index (κ1) is 22.2. The van der Waals surface area contributed by atoms with E-state index in [4.69, 9.17) is 9.84 Å². The van der Waals surface area contributed by atoms with Crippen molar-refractivity contribution in [3.05, 3.63) is 96.1 Å². The minimum absolute atomic E-state index is 0.0416. The molecule has 6 heteroatoms. The summed E-state index contributed by atoms with van der Waals surface area (Å²) in [7, 11) is 1.66. The van der Waals surface area contributed by atoms with Crippen LogP contribution >= 0.6 is 0 Å². The van der Waals surface area contributed by atoms with Crippen LogP contribution < -0.4 is 9.64 Å². The maximum Gasteiger partial charge on any atom is 0.257 e. The first-order valence-electron chi connectivity index (χ1n) is 11.8. The first-order chi connectivity index (χ1) is 16.7. The van der Waals surface area contributed by atoms with Crippen LogP contribution in [0.15, 0.2) is 90.0 Å². The van der Waals surface area contributed by atoms with Crippen molar-refractivity contribution in [2.45, 2.75) is 12.5 Å². The van der Waals surface area contributed by atoms with Crippen LogP contribution in [0.2, 0.25) is 0 Å². The van der Waals surface area contributed by atoms with Crippen LogP contribution in [0.25, 0.3) is 0 Å². The maximum absolute atomic E-state index is 13.5. The van der Waals surface area contributed by atoms with E-state index >= 15 is 0 Å². The zero-order valence-corrected chi connectivity index (χ0v) is 19.5. The molecule has 3 aromatic carbocycles. The molecule has 0 N–H and O–H groups in total. The molecule has 0 spiro atoms. The Labute approximate surface area is 201 Å². The smallest absolute Gasteiger partial charge is 0.257 e. The van der Waals surface area contributed by atoms with Crippen LogP contribution in [0.5, 0.6) is 5.75 Å². The van der Waals surface area contributed by atoms with Gasteiger partial charge in [0.2, 0.25) is 0 Å². The van der Waals surface area contributed by atoms with Gasteiger partial charge in [-0.25, -0.2) is 5.01 Å². The average molecular weight is 455 g/mol. The van der Waals surface area contributed by atoms with Gasteiger partial charge >= 0.3 is 0 Å². The second-order valence-electron chi connectivity index (χ2n) is 8.74. The number of hydrogen-bond donors (Lipinski definition) is 0. The molecule has 0 bridgehead atoms. The number of carbonyl (C=O) groups is 1. The highest BCUT2D eigenvalue weighted by molar-refractivity contribution is 6.03. The fourth-order valence-electron chi connectivity index (χ4n) is 4.70. The minimum Gasteiger partial charge on any atom is -0.497 e. The Morgan fingerprint density at radius 2 is 1.53 bits per heavy atom. The normalized spacial score (nSPS) is 18.6.